The average Bonchev–Trinajstić information content (AvgIpc) is 2.29. The number of H-pyrrole nitrogens is 1. The molecular weight excluding hydrogens is 225 g/mol. The van der Waals surface area contributed by atoms with Crippen LogP contribution in [0.5, 0.6) is 0 Å². The van der Waals surface area contributed by atoms with Crippen LogP contribution in [0.15, 0.2) is 41.2 Å². The highest BCUT2D eigenvalue weighted by Crippen LogP contribution is 2.22. The van der Waals surface area contributed by atoms with E-state index in [2.05, 4.69) is 4.98 Å². The molecule has 0 radical (unpaired) electrons. The third-order valence-electron chi connectivity index (χ3n) is 2.29. The van der Waals surface area contributed by atoms with Crippen molar-refractivity contribution < 1.29 is 14.3 Å². The molecule has 0 saturated carbocycles. The van der Waals surface area contributed by atoms with Gasteiger partial charge in [0.25, 0.3) is 0 Å². The van der Waals surface area contributed by atoms with Crippen LogP contribution in [0, 0.1) is 5.82 Å². The quantitative estimate of drug-likeness (QED) is 0.831. The van der Waals surface area contributed by atoms with Gasteiger partial charge in [0.1, 0.15) is 5.82 Å². The fourth-order valence-corrected chi connectivity index (χ4v) is 1.53. The molecule has 4 nitrogen and oxygen atoms in total. The lowest BCUT2D eigenvalue weighted by molar-refractivity contribution is 0.0697. The van der Waals surface area contributed by atoms with Crippen LogP contribution in [0.2, 0.25) is 0 Å². The first-order chi connectivity index (χ1) is 8.09. The van der Waals surface area contributed by atoms with Crippen molar-refractivity contribution in [2.24, 2.45) is 0 Å². The van der Waals surface area contributed by atoms with Crippen molar-refractivity contribution in [1.82, 2.24) is 4.98 Å². The Morgan fingerprint density at radius 2 is 1.88 bits per heavy atom. The molecule has 0 aliphatic carbocycles. The van der Waals surface area contributed by atoms with Gasteiger partial charge in [0.2, 0.25) is 5.56 Å². The number of hydrogen-bond acceptors (Lipinski definition) is 2. The van der Waals surface area contributed by atoms with Gasteiger partial charge in [-0.15, -0.1) is 0 Å². The number of benzene rings is 1. The summed E-state index contributed by atoms with van der Waals surface area (Å²) in [6.07, 6.45) is 0. The van der Waals surface area contributed by atoms with Crippen LogP contribution < -0.4 is 5.56 Å². The number of pyridine rings is 1. The molecule has 0 fully saturated rings. The fourth-order valence-electron chi connectivity index (χ4n) is 1.53. The van der Waals surface area contributed by atoms with Crippen molar-refractivity contribution >= 4 is 5.97 Å². The Labute approximate surface area is 95.4 Å². The molecule has 0 amide bonds. The minimum atomic E-state index is -1.22. The van der Waals surface area contributed by atoms with Crippen LogP contribution in [0.4, 0.5) is 4.39 Å². The summed E-state index contributed by atoms with van der Waals surface area (Å²) < 4.78 is 13.5. The Morgan fingerprint density at radius 1 is 1.18 bits per heavy atom. The van der Waals surface area contributed by atoms with E-state index < -0.39 is 17.3 Å². The smallest absolute Gasteiger partial charge is 0.337 e. The SMILES string of the molecule is O=C(O)c1ccc(=O)[nH]c1-c1ccccc1F. The monoisotopic (exact) mass is 233 g/mol. The predicted octanol–water partition coefficient (Wildman–Crippen LogP) is 1.88. The molecule has 1 heterocycles. The number of halogens is 1. The number of nitrogens with one attached hydrogen (secondary N) is 1. The zero-order chi connectivity index (χ0) is 12.4. The van der Waals surface area contributed by atoms with E-state index in [1.165, 1.54) is 18.2 Å². The summed E-state index contributed by atoms with van der Waals surface area (Å²) in [5, 5.41) is 8.96. The maximum absolute atomic E-state index is 13.5. The van der Waals surface area contributed by atoms with Gasteiger partial charge in [0.15, 0.2) is 0 Å². The first kappa shape index (κ1) is 11.1. The molecule has 0 unspecified atom stereocenters. The van der Waals surface area contributed by atoms with Gasteiger partial charge in [0, 0.05) is 11.6 Å². The number of carbonyl (C=O) groups is 1. The molecule has 86 valence electrons. The Hall–Kier alpha value is -2.43. The Bertz CT molecular complexity index is 634. The molecule has 0 aliphatic heterocycles. The third kappa shape index (κ3) is 2.08. The standard InChI is InChI=1S/C12H8FNO3/c13-9-4-2-1-3-7(9)11-8(12(16)17)5-6-10(15)14-11/h1-6H,(H,14,15)(H,16,17). The normalized spacial score (nSPS) is 10.2. The van der Waals surface area contributed by atoms with E-state index in [1.807, 2.05) is 0 Å². The number of carboxylic acids is 1. The molecule has 0 saturated heterocycles. The van der Waals surface area contributed by atoms with Gasteiger partial charge in [-0.05, 0) is 18.2 Å². The number of aromatic amines is 1. The zero-order valence-electron chi connectivity index (χ0n) is 8.61. The van der Waals surface area contributed by atoms with Crippen molar-refractivity contribution in [3.05, 3.63) is 58.1 Å². The number of hydrogen-bond donors (Lipinski definition) is 2. The lowest BCUT2D eigenvalue weighted by Crippen LogP contribution is -2.11. The van der Waals surface area contributed by atoms with Gasteiger partial charge in [0.05, 0.1) is 11.3 Å². The maximum Gasteiger partial charge on any atom is 0.337 e. The average molecular weight is 233 g/mol. The first-order valence-electron chi connectivity index (χ1n) is 4.81. The molecule has 0 atom stereocenters. The van der Waals surface area contributed by atoms with Crippen molar-refractivity contribution in [3.8, 4) is 11.3 Å². The highest BCUT2D eigenvalue weighted by Gasteiger charge is 2.15. The van der Waals surface area contributed by atoms with Crippen LogP contribution in [0.1, 0.15) is 10.4 Å². The molecule has 1 aromatic carbocycles. The molecule has 2 N–H and O–H groups in total. The minimum absolute atomic E-state index is 0.0249. The van der Waals surface area contributed by atoms with Crippen molar-refractivity contribution in [2.45, 2.75) is 0 Å². The third-order valence-corrected chi connectivity index (χ3v) is 2.29. The Kier molecular flexibility index (Phi) is 2.74. The second kappa shape index (κ2) is 4.21. The van der Waals surface area contributed by atoms with E-state index in [9.17, 15) is 14.0 Å². The summed E-state index contributed by atoms with van der Waals surface area (Å²) >= 11 is 0. The summed E-state index contributed by atoms with van der Waals surface area (Å²) in [7, 11) is 0. The Morgan fingerprint density at radius 3 is 2.53 bits per heavy atom. The number of aromatic carboxylic acids is 1. The second-order valence-electron chi connectivity index (χ2n) is 3.40. The molecule has 2 rings (SSSR count). The lowest BCUT2D eigenvalue weighted by atomic mass is 10.1. The second-order valence-corrected chi connectivity index (χ2v) is 3.40. The van der Waals surface area contributed by atoms with E-state index in [0.717, 1.165) is 12.1 Å². The number of aromatic nitrogens is 1. The van der Waals surface area contributed by atoms with E-state index in [0.29, 0.717) is 0 Å². The van der Waals surface area contributed by atoms with Crippen molar-refractivity contribution in [1.29, 1.82) is 0 Å². The first-order valence-corrected chi connectivity index (χ1v) is 4.81. The van der Waals surface area contributed by atoms with Gasteiger partial charge >= 0.3 is 5.97 Å². The fraction of sp³-hybridized carbons (Fsp3) is 0. The maximum atomic E-state index is 13.5. The zero-order valence-corrected chi connectivity index (χ0v) is 8.61. The van der Waals surface area contributed by atoms with E-state index in [-0.39, 0.29) is 16.8 Å². The lowest BCUT2D eigenvalue weighted by Gasteiger charge is -2.06. The van der Waals surface area contributed by atoms with Gasteiger partial charge in [-0.2, -0.15) is 0 Å². The molecular formula is C12H8FNO3. The van der Waals surface area contributed by atoms with Gasteiger partial charge in [-0.25, -0.2) is 9.18 Å². The number of carboxylic acid groups (broad SMARTS) is 1. The topological polar surface area (TPSA) is 70.2 Å². The highest BCUT2D eigenvalue weighted by molar-refractivity contribution is 5.94. The van der Waals surface area contributed by atoms with E-state index in [4.69, 9.17) is 5.11 Å². The minimum Gasteiger partial charge on any atom is -0.478 e. The van der Waals surface area contributed by atoms with Gasteiger partial charge < -0.3 is 10.1 Å². The van der Waals surface area contributed by atoms with Crippen LogP contribution in [-0.2, 0) is 0 Å². The largest absolute Gasteiger partial charge is 0.478 e. The van der Waals surface area contributed by atoms with Gasteiger partial charge in [-0.1, -0.05) is 12.1 Å². The Balaban J connectivity index is 2.74. The van der Waals surface area contributed by atoms with Gasteiger partial charge in [-0.3, -0.25) is 4.79 Å². The highest BCUT2D eigenvalue weighted by atomic mass is 19.1. The summed E-state index contributed by atoms with van der Waals surface area (Å²) in [5.41, 5.74) is -0.589. The molecule has 1 aromatic heterocycles. The summed E-state index contributed by atoms with van der Waals surface area (Å²) in [5.74, 6) is -1.81. The predicted molar refractivity (Wildman–Crippen MR) is 59.4 cm³/mol. The molecule has 2 aromatic rings. The summed E-state index contributed by atoms with van der Waals surface area (Å²) in [6.45, 7) is 0. The van der Waals surface area contributed by atoms with Crippen LogP contribution in [-0.4, -0.2) is 16.1 Å². The van der Waals surface area contributed by atoms with Crippen molar-refractivity contribution in [3.63, 3.8) is 0 Å². The number of rotatable bonds is 2. The molecule has 5 heteroatoms. The van der Waals surface area contributed by atoms with Crippen molar-refractivity contribution in [2.75, 3.05) is 0 Å². The molecule has 0 aliphatic rings. The van der Waals surface area contributed by atoms with Crippen LogP contribution >= 0.6 is 0 Å². The van der Waals surface area contributed by atoms with E-state index in [1.54, 1.807) is 6.07 Å². The van der Waals surface area contributed by atoms with Crippen LogP contribution in [0.3, 0.4) is 0 Å². The summed E-state index contributed by atoms with van der Waals surface area (Å²) in [4.78, 5) is 24.5. The molecule has 0 spiro atoms. The summed E-state index contributed by atoms with van der Waals surface area (Å²) in [6, 6.07) is 7.91. The molecule has 0 bridgehead atoms. The van der Waals surface area contributed by atoms with Crippen LogP contribution in [0.25, 0.3) is 11.3 Å². The van der Waals surface area contributed by atoms with E-state index >= 15 is 0 Å². The molecule has 17 heavy (non-hydrogen) atoms.